The molecule has 2 fully saturated rings. The van der Waals surface area contributed by atoms with Crippen molar-refractivity contribution in [2.75, 3.05) is 13.7 Å². The molecule has 1 aromatic rings. The van der Waals surface area contributed by atoms with E-state index in [0.29, 0.717) is 0 Å². The first-order valence-electron chi connectivity index (χ1n) is 8.76. The molecular formula is C20H26FNO2. The van der Waals surface area contributed by atoms with Gasteiger partial charge in [-0.1, -0.05) is 31.2 Å². The van der Waals surface area contributed by atoms with Crippen LogP contribution in [0.5, 0.6) is 0 Å². The Morgan fingerprint density at radius 3 is 2.58 bits per heavy atom. The molecule has 4 atom stereocenters. The van der Waals surface area contributed by atoms with Crippen molar-refractivity contribution in [3.8, 4) is 0 Å². The minimum atomic E-state index is -0.253. The molecule has 0 amide bonds. The van der Waals surface area contributed by atoms with Gasteiger partial charge >= 0.3 is 5.97 Å². The summed E-state index contributed by atoms with van der Waals surface area (Å²) in [6.45, 7) is 4.95. The molecular weight excluding hydrogens is 305 g/mol. The lowest BCUT2D eigenvalue weighted by Gasteiger charge is -2.29. The lowest BCUT2D eigenvalue weighted by molar-refractivity contribution is -0.146. The van der Waals surface area contributed by atoms with Crippen LogP contribution in [0.1, 0.15) is 44.6 Å². The molecule has 1 aliphatic heterocycles. The monoisotopic (exact) mass is 331 g/mol. The van der Waals surface area contributed by atoms with E-state index in [4.69, 9.17) is 4.74 Å². The fourth-order valence-corrected chi connectivity index (χ4v) is 4.34. The summed E-state index contributed by atoms with van der Waals surface area (Å²) in [6.07, 6.45) is 7.73. The van der Waals surface area contributed by atoms with Crippen molar-refractivity contribution in [3.63, 3.8) is 0 Å². The summed E-state index contributed by atoms with van der Waals surface area (Å²) in [4.78, 5) is 15.0. The number of ether oxygens (including phenoxy) is 1. The Labute approximate surface area is 143 Å². The van der Waals surface area contributed by atoms with Crippen molar-refractivity contribution in [2.24, 2.45) is 5.92 Å². The fourth-order valence-electron chi connectivity index (χ4n) is 4.34. The van der Waals surface area contributed by atoms with Crippen LogP contribution in [0.3, 0.4) is 0 Å². The van der Waals surface area contributed by atoms with Crippen LogP contribution in [-0.4, -0.2) is 36.1 Å². The minimum Gasteiger partial charge on any atom is -0.469 e. The Morgan fingerprint density at radius 2 is 2.08 bits per heavy atom. The van der Waals surface area contributed by atoms with Crippen molar-refractivity contribution in [3.05, 3.63) is 47.8 Å². The zero-order chi connectivity index (χ0) is 17.3. The molecule has 1 aromatic carbocycles. The number of hydrogen-bond acceptors (Lipinski definition) is 3. The number of allylic oxidation sites excluding steroid dienone is 1. The van der Waals surface area contributed by atoms with Crippen molar-refractivity contribution in [2.45, 2.75) is 50.6 Å². The van der Waals surface area contributed by atoms with E-state index < -0.39 is 0 Å². The summed E-state index contributed by atoms with van der Waals surface area (Å²) >= 11 is 0. The van der Waals surface area contributed by atoms with Crippen LogP contribution in [0.4, 0.5) is 4.39 Å². The normalized spacial score (nSPS) is 26.8. The second-order valence-corrected chi connectivity index (χ2v) is 7.01. The van der Waals surface area contributed by atoms with Gasteiger partial charge in [0.1, 0.15) is 5.82 Å². The van der Waals surface area contributed by atoms with Crippen molar-refractivity contribution >= 4 is 5.97 Å². The van der Waals surface area contributed by atoms with Gasteiger partial charge in [-0.2, -0.15) is 0 Å². The maximum absolute atomic E-state index is 13.2. The van der Waals surface area contributed by atoms with E-state index in [1.54, 1.807) is 12.1 Å². The average Bonchev–Trinajstić information content (AvgIpc) is 3.22. The van der Waals surface area contributed by atoms with E-state index in [1.807, 2.05) is 13.8 Å². The summed E-state index contributed by atoms with van der Waals surface area (Å²) in [5.74, 6) is -0.634. The van der Waals surface area contributed by atoms with Gasteiger partial charge in [-0.25, -0.2) is 4.39 Å². The number of hydrogen-bond donors (Lipinski definition) is 0. The highest BCUT2D eigenvalue weighted by molar-refractivity contribution is 5.76. The molecule has 3 rings (SSSR count). The van der Waals surface area contributed by atoms with Gasteiger partial charge in [-0.05, 0) is 49.8 Å². The number of nitrogens with zero attached hydrogens (tertiary/aromatic N) is 1. The molecule has 0 radical (unpaired) electrons. The lowest BCUT2D eigenvalue weighted by Crippen LogP contribution is -2.35. The van der Waals surface area contributed by atoms with Gasteiger partial charge in [0, 0.05) is 18.1 Å². The van der Waals surface area contributed by atoms with E-state index >= 15 is 0 Å². The van der Waals surface area contributed by atoms with Gasteiger partial charge in [0.15, 0.2) is 0 Å². The molecule has 3 nitrogen and oxygen atoms in total. The maximum atomic E-state index is 13.2. The van der Waals surface area contributed by atoms with E-state index in [0.717, 1.165) is 24.9 Å². The molecule has 4 unspecified atom stereocenters. The first-order chi connectivity index (χ1) is 11.5. The quantitative estimate of drug-likeness (QED) is 0.450. The largest absolute Gasteiger partial charge is 0.469 e. The Bertz CT molecular complexity index is 621. The van der Waals surface area contributed by atoms with Crippen LogP contribution < -0.4 is 0 Å². The van der Waals surface area contributed by atoms with Crippen LogP contribution in [-0.2, 0) is 9.53 Å². The van der Waals surface area contributed by atoms with Crippen LogP contribution >= 0.6 is 0 Å². The molecule has 0 bridgehead atoms. The zero-order valence-electron chi connectivity index (χ0n) is 14.7. The van der Waals surface area contributed by atoms with Gasteiger partial charge < -0.3 is 4.74 Å². The topological polar surface area (TPSA) is 29.3 Å². The summed E-state index contributed by atoms with van der Waals surface area (Å²) in [7, 11) is 1.46. The van der Waals surface area contributed by atoms with Gasteiger partial charge in [0.05, 0.1) is 13.0 Å². The highest BCUT2D eigenvalue weighted by atomic mass is 19.1. The summed E-state index contributed by atoms with van der Waals surface area (Å²) < 4.78 is 18.4. The van der Waals surface area contributed by atoms with Gasteiger partial charge in [-0.15, -0.1) is 0 Å². The smallest absolute Gasteiger partial charge is 0.310 e. The molecule has 2 aliphatic rings. The standard InChI is InChI=1S/C20H26FNO2/c1-4-5-13-22-18(20(22)11-6-12-20)17(19(23)24-3)14(2)15-7-9-16(21)10-8-15/h4-5,7-10,14,17-18H,6,11-13H2,1-3H3/b5-4+. The second-order valence-electron chi connectivity index (χ2n) is 7.01. The number of rotatable bonds is 6. The fraction of sp³-hybridized carbons (Fsp3) is 0.550. The SMILES string of the molecule is C/C=C/CN1C(C(C(=O)OC)C(C)c2ccc(F)cc2)C12CCC2. The van der Waals surface area contributed by atoms with Crippen molar-refractivity contribution in [1.82, 2.24) is 4.90 Å². The van der Waals surface area contributed by atoms with Crippen LogP contribution in [0, 0.1) is 11.7 Å². The molecule has 0 N–H and O–H groups in total. The summed E-state index contributed by atoms with van der Waals surface area (Å²) in [5.41, 5.74) is 1.16. The summed E-state index contributed by atoms with van der Waals surface area (Å²) in [5, 5.41) is 0. The lowest BCUT2D eigenvalue weighted by atomic mass is 9.74. The molecule has 1 saturated carbocycles. The van der Waals surface area contributed by atoms with E-state index in [1.165, 1.54) is 25.7 Å². The molecule has 0 aromatic heterocycles. The molecule has 1 aliphatic carbocycles. The van der Waals surface area contributed by atoms with E-state index in [2.05, 4.69) is 17.1 Å². The van der Waals surface area contributed by atoms with Crippen LogP contribution in [0.25, 0.3) is 0 Å². The minimum absolute atomic E-state index is 0.00358. The van der Waals surface area contributed by atoms with Crippen LogP contribution in [0.2, 0.25) is 0 Å². The maximum Gasteiger partial charge on any atom is 0.310 e. The Hall–Kier alpha value is -1.68. The number of carbonyl (C=O) groups is 1. The zero-order valence-corrected chi connectivity index (χ0v) is 14.7. The first-order valence-corrected chi connectivity index (χ1v) is 8.76. The number of esters is 1. The summed E-state index contributed by atoms with van der Waals surface area (Å²) in [6, 6.07) is 6.70. The van der Waals surface area contributed by atoms with Gasteiger partial charge in [-0.3, -0.25) is 9.69 Å². The average molecular weight is 331 g/mol. The number of methoxy groups -OCH3 is 1. The van der Waals surface area contributed by atoms with E-state index in [9.17, 15) is 9.18 Å². The first kappa shape index (κ1) is 17.2. The predicted molar refractivity (Wildman–Crippen MR) is 92.2 cm³/mol. The molecule has 24 heavy (non-hydrogen) atoms. The molecule has 1 saturated heterocycles. The Morgan fingerprint density at radius 1 is 1.42 bits per heavy atom. The number of benzene rings is 1. The highest BCUT2D eigenvalue weighted by Crippen LogP contribution is 2.59. The number of carbonyl (C=O) groups excluding carboxylic acids is 1. The molecule has 1 spiro atoms. The third-order valence-electron chi connectivity index (χ3n) is 5.90. The highest BCUT2D eigenvalue weighted by Gasteiger charge is 2.69. The van der Waals surface area contributed by atoms with Gasteiger partial charge in [0.25, 0.3) is 0 Å². The third-order valence-corrected chi connectivity index (χ3v) is 5.90. The van der Waals surface area contributed by atoms with Crippen LogP contribution in [0.15, 0.2) is 36.4 Å². The van der Waals surface area contributed by atoms with Gasteiger partial charge in [0.2, 0.25) is 0 Å². The molecule has 4 heteroatoms. The van der Waals surface area contributed by atoms with Crippen molar-refractivity contribution < 1.29 is 13.9 Å². The molecule has 1 heterocycles. The second kappa shape index (κ2) is 6.67. The predicted octanol–water partition coefficient (Wildman–Crippen LogP) is 3.90. The Kier molecular flexibility index (Phi) is 4.77. The third kappa shape index (κ3) is 2.77. The van der Waals surface area contributed by atoms with Crippen molar-refractivity contribution in [1.29, 1.82) is 0 Å². The molecule has 130 valence electrons. The Balaban J connectivity index is 1.86. The number of halogens is 1. The van der Waals surface area contributed by atoms with E-state index in [-0.39, 0.29) is 35.2 Å².